The number of allylic oxidation sites excluding steroid dienone is 1. The summed E-state index contributed by atoms with van der Waals surface area (Å²) in [6.07, 6.45) is 9.23. The number of carbonyl (C=O) groups is 3. The molecule has 0 spiro atoms. The number of rotatable bonds is 7. The second kappa shape index (κ2) is 13.4. The summed E-state index contributed by atoms with van der Waals surface area (Å²) in [7, 11) is -4.30. The Morgan fingerprint density at radius 3 is 2.72 bits per heavy atom. The number of hydrogen-bond acceptors (Lipinski definition) is 8. The third-order valence-electron chi connectivity index (χ3n) is 11.5. The Morgan fingerprint density at radius 1 is 1.20 bits per heavy atom. The molecule has 3 amide bonds. The normalized spacial score (nSPS) is 31.5. The monoisotopic (exact) mass is 710 g/mol. The molecule has 0 unspecified atom stereocenters. The molecule has 2 N–H and O–H groups in total. The fourth-order valence-electron chi connectivity index (χ4n) is 8.01. The van der Waals surface area contributed by atoms with E-state index in [4.69, 9.17) is 14.5 Å². The Kier molecular flexibility index (Phi) is 9.32. The minimum absolute atomic E-state index is 0.132. The number of pyridine rings is 1. The Bertz CT molecular complexity index is 1810. The fourth-order valence-corrected chi connectivity index (χ4v) is 9.43. The van der Waals surface area contributed by atoms with Gasteiger partial charge in [-0.3, -0.25) is 19.1 Å². The first kappa shape index (κ1) is 34.7. The maximum Gasteiger partial charge on any atom is 0.259 e. The van der Waals surface area contributed by atoms with Gasteiger partial charge in [0, 0.05) is 29.7 Å². The number of amides is 3. The summed E-state index contributed by atoms with van der Waals surface area (Å²) in [5, 5.41) is 4.70. The van der Waals surface area contributed by atoms with E-state index < -0.39 is 56.9 Å². The average molecular weight is 711 g/mol. The van der Waals surface area contributed by atoms with Crippen molar-refractivity contribution in [2.75, 3.05) is 19.8 Å². The zero-order valence-electron chi connectivity index (χ0n) is 28.8. The van der Waals surface area contributed by atoms with Gasteiger partial charge in [0.1, 0.15) is 29.1 Å². The molecule has 6 atom stereocenters. The molecule has 2 aromatic rings. The van der Waals surface area contributed by atoms with Crippen LogP contribution < -0.4 is 19.5 Å². The van der Waals surface area contributed by atoms with Crippen LogP contribution in [0.1, 0.15) is 83.6 Å². The first-order chi connectivity index (χ1) is 24.0. The van der Waals surface area contributed by atoms with Crippen LogP contribution in [0.2, 0.25) is 0 Å². The van der Waals surface area contributed by atoms with Gasteiger partial charge in [-0.25, -0.2) is 12.8 Å². The summed E-state index contributed by atoms with van der Waals surface area (Å²) in [5.41, 5.74) is -0.503. The molecule has 50 heavy (non-hydrogen) atoms. The molecule has 4 heterocycles. The van der Waals surface area contributed by atoms with Gasteiger partial charge in [-0.2, -0.15) is 4.98 Å². The van der Waals surface area contributed by atoms with Gasteiger partial charge >= 0.3 is 0 Å². The molecular weight excluding hydrogens is 663 g/mol. The van der Waals surface area contributed by atoms with E-state index in [0.29, 0.717) is 24.3 Å². The average Bonchev–Trinajstić information content (AvgIpc) is 4.01. The molecule has 11 nitrogen and oxygen atoms in total. The van der Waals surface area contributed by atoms with Gasteiger partial charge in [0.15, 0.2) is 0 Å². The van der Waals surface area contributed by atoms with E-state index in [2.05, 4.69) is 23.9 Å². The number of ether oxygens (including phenoxy) is 2. The van der Waals surface area contributed by atoms with Crippen LogP contribution in [0.15, 0.2) is 36.4 Å². The van der Waals surface area contributed by atoms with Crippen LogP contribution in [0.4, 0.5) is 4.39 Å². The van der Waals surface area contributed by atoms with E-state index in [0.717, 1.165) is 54.9 Å². The lowest BCUT2D eigenvalue weighted by Crippen LogP contribution is -2.57. The van der Waals surface area contributed by atoms with Crippen LogP contribution in [0.3, 0.4) is 0 Å². The number of nitrogens with zero attached hydrogens (tertiary/aromatic N) is 2. The lowest BCUT2D eigenvalue weighted by Gasteiger charge is -2.28. The summed E-state index contributed by atoms with van der Waals surface area (Å²) >= 11 is 0. The van der Waals surface area contributed by atoms with Crippen molar-refractivity contribution in [3.8, 4) is 11.8 Å². The molecule has 1 saturated heterocycles. The minimum Gasteiger partial charge on any atom is -0.477 e. The number of benzene rings is 1. The van der Waals surface area contributed by atoms with Crippen molar-refractivity contribution in [3.05, 3.63) is 42.0 Å². The van der Waals surface area contributed by atoms with E-state index in [1.165, 1.54) is 0 Å². The molecular formula is C37H47FN4O7S. The van der Waals surface area contributed by atoms with Crippen LogP contribution >= 0.6 is 0 Å². The number of aromatic nitrogens is 1. The third-order valence-corrected chi connectivity index (χ3v) is 13.6. The highest BCUT2D eigenvalue weighted by Gasteiger charge is 2.64. The predicted molar refractivity (Wildman–Crippen MR) is 185 cm³/mol. The van der Waals surface area contributed by atoms with Crippen molar-refractivity contribution in [3.63, 3.8) is 0 Å². The minimum atomic E-state index is -4.30. The zero-order valence-corrected chi connectivity index (χ0v) is 29.6. The number of fused-ring (bicyclic) bond motifs is 5. The molecule has 5 aliphatic rings. The molecule has 2 aliphatic carbocycles. The number of alkyl halides is 1. The SMILES string of the molecule is CC[C@H]1CC(=O)N2C[C@H](Oc3nc4c(c5ccccc35)CCCO4)C[C@H]2C(=O)N[C@]2(C(=O)NS(=O)(=O)C3(CF)CC3)C[C@H]2/C=C\CC[C@H](C)C1. The quantitative estimate of drug-likeness (QED) is 0.400. The maximum atomic E-state index is 14.3. The van der Waals surface area contributed by atoms with Crippen LogP contribution in [0.5, 0.6) is 11.8 Å². The molecule has 7 rings (SSSR count). The molecule has 0 radical (unpaired) electrons. The highest BCUT2D eigenvalue weighted by Crippen LogP contribution is 2.48. The van der Waals surface area contributed by atoms with Crippen molar-refractivity contribution < 1.29 is 36.7 Å². The van der Waals surface area contributed by atoms with Gasteiger partial charge in [0.2, 0.25) is 33.6 Å². The summed E-state index contributed by atoms with van der Waals surface area (Å²) in [4.78, 5) is 48.4. The second-order valence-corrected chi connectivity index (χ2v) is 17.2. The van der Waals surface area contributed by atoms with Gasteiger partial charge in [-0.15, -0.1) is 0 Å². The smallest absolute Gasteiger partial charge is 0.259 e. The van der Waals surface area contributed by atoms with Gasteiger partial charge in [-0.1, -0.05) is 50.6 Å². The second-order valence-electron chi connectivity index (χ2n) is 15.1. The van der Waals surface area contributed by atoms with Gasteiger partial charge in [0.05, 0.1) is 13.2 Å². The number of hydrogen-bond donors (Lipinski definition) is 2. The van der Waals surface area contributed by atoms with E-state index in [9.17, 15) is 27.2 Å². The lowest BCUT2D eigenvalue weighted by atomic mass is 9.88. The van der Waals surface area contributed by atoms with Gasteiger partial charge in [-0.05, 0) is 74.7 Å². The Balaban J connectivity index is 1.18. The van der Waals surface area contributed by atoms with Crippen molar-refractivity contribution in [2.45, 2.75) is 107 Å². The molecule has 3 fully saturated rings. The zero-order chi connectivity index (χ0) is 35.3. The van der Waals surface area contributed by atoms with Crippen LogP contribution in [0.25, 0.3) is 10.8 Å². The number of carbonyl (C=O) groups excluding carboxylic acids is 3. The van der Waals surface area contributed by atoms with Crippen molar-refractivity contribution >= 4 is 38.5 Å². The molecule has 3 aliphatic heterocycles. The topological polar surface area (TPSA) is 144 Å². The number of nitrogens with one attached hydrogen (secondary N) is 2. The van der Waals surface area contributed by atoms with Crippen molar-refractivity contribution in [1.29, 1.82) is 0 Å². The standard InChI is InChI=1S/C37H47FN4O7S/c1-3-24-17-23(2)9-4-5-10-25-20-37(25,35(45)41-50(46,47)36(22-38)14-15-36)40-32(44)30-19-26(21-42(30)31(43)18-24)49-34-29-12-7-6-11-27(29)28-13-8-16-48-33(28)39-34/h5-7,10-12,23-26,30H,3-4,8-9,13-22H2,1-2H3,(H,40,44)(H,41,45)/b10-5-/t23-,24+,25+,26+,30-,37+/m0/s1. The van der Waals surface area contributed by atoms with Gasteiger partial charge < -0.3 is 19.7 Å². The molecule has 2 saturated carbocycles. The van der Waals surface area contributed by atoms with Crippen molar-refractivity contribution in [2.24, 2.45) is 17.8 Å². The molecule has 13 heteroatoms. The summed E-state index contributed by atoms with van der Waals surface area (Å²) in [5.74, 6) is -0.650. The largest absolute Gasteiger partial charge is 0.477 e. The fraction of sp³-hybridized carbons (Fsp3) is 0.622. The van der Waals surface area contributed by atoms with Crippen LogP contribution in [0, 0.1) is 17.8 Å². The molecule has 1 aromatic heterocycles. The molecule has 1 aromatic carbocycles. The number of aryl methyl sites for hydroxylation is 1. The Morgan fingerprint density at radius 2 is 1.98 bits per heavy atom. The van der Waals surface area contributed by atoms with Gasteiger partial charge in [0.25, 0.3) is 5.91 Å². The highest BCUT2D eigenvalue weighted by atomic mass is 32.2. The summed E-state index contributed by atoms with van der Waals surface area (Å²) in [6, 6.07) is 6.87. The van der Waals surface area contributed by atoms with E-state index in [1.807, 2.05) is 36.4 Å². The number of halogens is 1. The van der Waals surface area contributed by atoms with Crippen LogP contribution in [-0.4, -0.2) is 78.3 Å². The Labute approximate surface area is 292 Å². The van der Waals surface area contributed by atoms with E-state index in [-0.39, 0.29) is 50.5 Å². The lowest BCUT2D eigenvalue weighted by molar-refractivity contribution is -0.140. The first-order valence-corrected chi connectivity index (χ1v) is 19.6. The van der Waals surface area contributed by atoms with Crippen LogP contribution in [-0.2, 0) is 30.8 Å². The maximum absolute atomic E-state index is 14.3. The van der Waals surface area contributed by atoms with E-state index >= 15 is 0 Å². The third kappa shape index (κ3) is 6.46. The first-order valence-electron chi connectivity index (χ1n) is 18.1. The summed E-state index contributed by atoms with van der Waals surface area (Å²) < 4.78 is 52.8. The summed E-state index contributed by atoms with van der Waals surface area (Å²) in [6.45, 7) is 3.87. The predicted octanol–water partition coefficient (Wildman–Crippen LogP) is 4.52. The van der Waals surface area contributed by atoms with Crippen molar-refractivity contribution in [1.82, 2.24) is 19.9 Å². The number of sulfonamides is 1. The molecule has 270 valence electrons. The van der Waals surface area contributed by atoms with E-state index in [1.54, 1.807) is 4.90 Å². The Hall–Kier alpha value is -3.74. The molecule has 0 bridgehead atoms. The highest BCUT2D eigenvalue weighted by molar-refractivity contribution is 7.91.